The molecule has 0 bridgehead atoms. The van der Waals surface area contributed by atoms with Crippen LogP contribution in [0, 0.1) is 5.92 Å². The molecule has 0 aliphatic carbocycles. The Morgan fingerprint density at radius 1 is 0.810 bits per heavy atom. The molecule has 1 unspecified atom stereocenters. The third-order valence-corrected chi connectivity index (χ3v) is 3.51. The monoisotopic (exact) mass is 282 g/mol. The average Bonchev–Trinajstić information content (AvgIpc) is 2.48. The van der Waals surface area contributed by atoms with Gasteiger partial charge in [-0.15, -0.1) is 0 Å². The Balaban J connectivity index is 2.49. The lowest BCUT2D eigenvalue weighted by Gasteiger charge is -2.25. The predicted octanol–water partition coefficient (Wildman–Crippen LogP) is 1.80. The van der Waals surface area contributed by atoms with Crippen molar-refractivity contribution < 1.29 is 9.59 Å². The smallest absolute Gasteiger partial charge is 0.222 e. The Morgan fingerprint density at radius 2 is 1.24 bits per heavy atom. The van der Waals surface area contributed by atoms with E-state index in [1.807, 2.05) is 60.7 Å². The zero-order valence-corrected chi connectivity index (χ0v) is 11.6. The lowest BCUT2D eigenvalue weighted by Crippen LogP contribution is -2.33. The van der Waals surface area contributed by atoms with E-state index in [0.29, 0.717) is 0 Å². The zero-order valence-electron chi connectivity index (χ0n) is 11.6. The summed E-state index contributed by atoms with van der Waals surface area (Å²) in [5, 5.41) is 0. The molecule has 0 saturated heterocycles. The lowest BCUT2D eigenvalue weighted by atomic mass is 9.78. The minimum atomic E-state index is -0.660. The summed E-state index contributed by atoms with van der Waals surface area (Å²) in [6.07, 6.45) is -0.0657. The molecule has 0 fully saturated rings. The first-order valence-corrected chi connectivity index (χ1v) is 6.77. The number of hydrogen-bond donors (Lipinski definition) is 2. The second-order valence-electron chi connectivity index (χ2n) is 4.98. The molecule has 108 valence electrons. The quantitative estimate of drug-likeness (QED) is 0.846. The molecule has 0 aromatic heterocycles. The molecular weight excluding hydrogens is 264 g/mol. The Hall–Kier alpha value is -2.62. The van der Waals surface area contributed by atoms with Gasteiger partial charge in [-0.2, -0.15) is 0 Å². The van der Waals surface area contributed by atoms with Crippen molar-refractivity contribution in [1.29, 1.82) is 0 Å². The van der Waals surface area contributed by atoms with Gasteiger partial charge >= 0.3 is 0 Å². The molecule has 21 heavy (non-hydrogen) atoms. The average molecular weight is 282 g/mol. The number of rotatable bonds is 6. The van der Waals surface area contributed by atoms with Gasteiger partial charge in [-0.3, -0.25) is 9.59 Å². The molecule has 0 aliphatic rings. The standard InChI is InChI=1S/C17H18N2O2/c18-15(20)11-14(17(19)21)16(12-7-3-1-4-8-12)13-9-5-2-6-10-13/h1-10,14,16H,11H2,(H2,18,20)(H2,19,21). The van der Waals surface area contributed by atoms with Gasteiger partial charge in [-0.25, -0.2) is 0 Å². The molecule has 0 spiro atoms. The van der Waals surface area contributed by atoms with Crippen LogP contribution in [0.5, 0.6) is 0 Å². The minimum Gasteiger partial charge on any atom is -0.370 e. The van der Waals surface area contributed by atoms with Crippen LogP contribution >= 0.6 is 0 Å². The lowest BCUT2D eigenvalue weighted by molar-refractivity contribution is -0.127. The third-order valence-electron chi connectivity index (χ3n) is 3.51. The van der Waals surface area contributed by atoms with E-state index in [1.54, 1.807) is 0 Å². The highest BCUT2D eigenvalue weighted by molar-refractivity contribution is 5.85. The van der Waals surface area contributed by atoms with E-state index < -0.39 is 17.7 Å². The first kappa shape index (κ1) is 14.8. The summed E-state index contributed by atoms with van der Waals surface area (Å²) in [6.45, 7) is 0. The van der Waals surface area contributed by atoms with Crippen molar-refractivity contribution >= 4 is 11.8 Å². The van der Waals surface area contributed by atoms with Gasteiger partial charge in [0.05, 0.1) is 5.92 Å². The van der Waals surface area contributed by atoms with E-state index in [4.69, 9.17) is 11.5 Å². The molecule has 4 nitrogen and oxygen atoms in total. The van der Waals surface area contributed by atoms with Gasteiger partial charge in [0, 0.05) is 12.3 Å². The Kier molecular flexibility index (Phi) is 4.72. The van der Waals surface area contributed by atoms with Crippen molar-refractivity contribution in [2.45, 2.75) is 12.3 Å². The number of hydrogen-bond acceptors (Lipinski definition) is 2. The zero-order chi connectivity index (χ0) is 15.2. The fourth-order valence-electron chi connectivity index (χ4n) is 2.58. The summed E-state index contributed by atoms with van der Waals surface area (Å²) in [4.78, 5) is 23.1. The number of primary amides is 2. The fourth-order valence-corrected chi connectivity index (χ4v) is 2.58. The van der Waals surface area contributed by atoms with E-state index in [0.717, 1.165) is 11.1 Å². The highest BCUT2D eigenvalue weighted by Crippen LogP contribution is 2.33. The molecule has 0 radical (unpaired) electrons. The molecule has 0 aliphatic heterocycles. The highest BCUT2D eigenvalue weighted by atomic mass is 16.2. The van der Waals surface area contributed by atoms with Crippen LogP contribution in [0.25, 0.3) is 0 Å². The van der Waals surface area contributed by atoms with Gasteiger partial charge in [0.15, 0.2) is 0 Å². The maximum atomic E-state index is 11.8. The van der Waals surface area contributed by atoms with Crippen LogP contribution in [-0.4, -0.2) is 11.8 Å². The molecule has 2 aromatic carbocycles. The highest BCUT2D eigenvalue weighted by Gasteiger charge is 2.30. The Labute approximate surface area is 123 Å². The molecule has 2 aromatic rings. The molecule has 0 heterocycles. The van der Waals surface area contributed by atoms with Crippen LogP contribution in [0.4, 0.5) is 0 Å². The van der Waals surface area contributed by atoms with Crippen molar-refractivity contribution in [3.8, 4) is 0 Å². The van der Waals surface area contributed by atoms with Crippen LogP contribution in [0.15, 0.2) is 60.7 Å². The van der Waals surface area contributed by atoms with Gasteiger partial charge < -0.3 is 11.5 Å². The largest absolute Gasteiger partial charge is 0.370 e. The minimum absolute atomic E-state index is 0.0657. The molecular formula is C17H18N2O2. The normalized spacial score (nSPS) is 12.0. The molecule has 0 saturated carbocycles. The second-order valence-corrected chi connectivity index (χ2v) is 4.98. The number of carbonyl (C=O) groups is 2. The molecule has 4 heteroatoms. The van der Waals surface area contributed by atoms with Crippen LogP contribution in [0.1, 0.15) is 23.5 Å². The molecule has 2 amide bonds. The van der Waals surface area contributed by atoms with Gasteiger partial charge in [-0.1, -0.05) is 60.7 Å². The summed E-state index contributed by atoms with van der Waals surface area (Å²) >= 11 is 0. The Morgan fingerprint density at radius 3 is 1.57 bits per heavy atom. The van der Waals surface area contributed by atoms with Gasteiger partial charge in [0.1, 0.15) is 0 Å². The van der Waals surface area contributed by atoms with Gasteiger partial charge in [-0.05, 0) is 11.1 Å². The van der Waals surface area contributed by atoms with Crippen molar-refractivity contribution in [3.63, 3.8) is 0 Å². The summed E-state index contributed by atoms with van der Waals surface area (Å²) in [5.41, 5.74) is 12.7. The third kappa shape index (κ3) is 3.69. The summed E-state index contributed by atoms with van der Waals surface area (Å²) < 4.78 is 0. The van der Waals surface area contributed by atoms with Crippen molar-refractivity contribution in [2.24, 2.45) is 17.4 Å². The summed E-state index contributed by atoms with van der Waals surface area (Å²) in [7, 11) is 0. The van der Waals surface area contributed by atoms with Crippen LogP contribution in [-0.2, 0) is 9.59 Å². The van der Waals surface area contributed by atoms with E-state index >= 15 is 0 Å². The first-order chi connectivity index (χ1) is 10.1. The summed E-state index contributed by atoms with van der Waals surface area (Å²) in [5.74, 6) is -1.99. The number of amides is 2. The number of benzene rings is 2. The fraction of sp³-hybridized carbons (Fsp3) is 0.176. The van der Waals surface area contributed by atoms with Crippen LogP contribution in [0.2, 0.25) is 0 Å². The van der Waals surface area contributed by atoms with Crippen molar-refractivity contribution in [2.75, 3.05) is 0 Å². The maximum absolute atomic E-state index is 11.8. The van der Waals surface area contributed by atoms with E-state index in [1.165, 1.54) is 0 Å². The maximum Gasteiger partial charge on any atom is 0.222 e. The second kappa shape index (κ2) is 6.70. The van der Waals surface area contributed by atoms with Crippen molar-refractivity contribution in [1.82, 2.24) is 0 Å². The molecule has 2 rings (SSSR count). The van der Waals surface area contributed by atoms with Gasteiger partial charge in [0.25, 0.3) is 0 Å². The topological polar surface area (TPSA) is 86.2 Å². The van der Waals surface area contributed by atoms with E-state index in [9.17, 15) is 9.59 Å². The van der Waals surface area contributed by atoms with Crippen LogP contribution < -0.4 is 11.5 Å². The first-order valence-electron chi connectivity index (χ1n) is 6.77. The van der Waals surface area contributed by atoms with Crippen LogP contribution in [0.3, 0.4) is 0 Å². The van der Waals surface area contributed by atoms with E-state index in [-0.39, 0.29) is 12.3 Å². The van der Waals surface area contributed by atoms with Gasteiger partial charge in [0.2, 0.25) is 11.8 Å². The number of carbonyl (C=O) groups excluding carboxylic acids is 2. The predicted molar refractivity (Wildman–Crippen MR) is 81.2 cm³/mol. The van der Waals surface area contributed by atoms with Crippen molar-refractivity contribution in [3.05, 3.63) is 71.8 Å². The molecule has 1 atom stereocenters. The SMILES string of the molecule is NC(=O)CC(C(N)=O)C(c1ccccc1)c1ccccc1. The summed E-state index contributed by atoms with van der Waals surface area (Å²) in [6, 6.07) is 19.1. The van der Waals surface area contributed by atoms with E-state index in [2.05, 4.69) is 0 Å². The molecule has 4 N–H and O–H groups in total. The Bertz CT molecular complexity index is 572. The number of nitrogens with two attached hydrogens (primary N) is 2.